The van der Waals surface area contributed by atoms with Crippen molar-refractivity contribution in [2.45, 2.75) is 12.5 Å². The summed E-state index contributed by atoms with van der Waals surface area (Å²) in [4.78, 5) is 4.09. The minimum atomic E-state index is 0. The van der Waals surface area contributed by atoms with E-state index in [1.54, 1.807) is 0 Å². The number of nitrogens with zero attached hydrogens (tertiary/aromatic N) is 1. The van der Waals surface area contributed by atoms with Gasteiger partial charge < -0.3 is 5.32 Å². The van der Waals surface area contributed by atoms with E-state index >= 15 is 0 Å². The number of fused-ring (bicyclic) bond motifs is 3. The molecule has 1 atom stereocenters. The number of thiophene rings is 1. The Morgan fingerprint density at radius 3 is 2.41 bits per heavy atom. The van der Waals surface area contributed by atoms with Crippen LogP contribution in [0.1, 0.15) is 27.6 Å². The topological polar surface area (TPSA) is 15.3 Å². The number of piperazine rings is 1. The monoisotopic (exact) mass is 418 g/mol. The second kappa shape index (κ2) is 8.76. The lowest BCUT2D eigenvalue weighted by molar-refractivity contribution is 0.200. The molecule has 0 unspecified atom stereocenters. The molecule has 0 saturated carbocycles. The van der Waals surface area contributed by atoms with Crippen molar-refractivity contribution < 1.29 is 0 Å². The standard InChI is InChI=1S/C22H22N2S.2ClH/c1-2-5-19-16(4-1)14-18-15-17(7-8-20(18)19)22(21-6-3-13-25-21)24-11-9-23-10-12-24;;/h1-8,13,15,22-23H,9-12,14H2;2*1H/t22-;;/m1../s1. The van der Waals surface area contributed by atoms with Gasteiger partial charge in [0.05, 0.1) is 6.04 Å². The minimum Gasteiger partial charge on any atom is -0.314 e. The van der Waals surface area contributed by atoms with E-state index in [1.165, 1.54) is 32.7 Å². The van der Waals surface area contributed by atoms with Crippen LogP contribution in [0.4, 0.5) is 0 Å². The zero-order valence-corrected chi connectivity index (χ0v) is 17.5. The Balaban J connectivity index is 0.00000105. The van der Waals surface area contributed by atoms with Crippen molar-refractivity contribution in [3.63, 3.8) is 0 Å². The van der Waals surface area contributed by atoms with Gasteiger partial charge in [-0.15, -0.1) is 36.2 Å². The molecule has 2 heterocycles. The fraction of sp³-hybridized carbons (Fsp3) is 0.273. The molecule has 1 aromatic heterocycles. The molecule has 2 aromatic carbocycles. The van der Waals surface area contributed by atoms with Crippen molar-refractivity contribution in [3.8, 4) is 11.1 Å². The quantitative estimate of drug-likeness (QED) is 0.494. The van der Waals surface area contributed by atoms with Crippen LogP contribution >= 0.6 is 36.2 Å². The van der Waals surface area contributed by atoms with Crippen LogP contribution < -0.4 is 5.32 Å². The molecule has 27 heavy (non-hydrogen) atoms. The van der Waals surface area contributed by atoms with Gasteiger partial charge in [0, 0.05) is 31.1 Å². The molecule has 142 valence electrons. The fourth-order valence-electron chi connectivity index (χ4n) is 4.28. The lowest BCUT2D eigenvalue weighted by Crippen LogP contribution is -2.45. The van der Waals surface area contributed by atoms with Gasteiger partial charge in [-0.2, -0.15) is 0 Å². The summed E-state index contributed by atoms with van der Waals surface area (Å²) in [7, 11) is 0. The van der Waals surface area contributed by atoms with Gasteiger partial charge in [-0.25, -0.2) is 0 Å². The highest BCUT2D eigenvalue weighted by Gasteiger charge is 2.26. The van der Waals surface area contributed by atoms with E-state index in [9.17, 15) is 0 Å². The highest BCUT2D eigenvalue weighted by Crippen LogP contribution is 2.40. The Labute approximate surface area is 177 Å². The molecule has 0 bridgehead atoms. The number of hydrogen-bond acceptors (Lipinski definition) is 3. The maximum atomic E-state index is 3.48. The Hall–Kier alpha value is -1.36. The smallest absolute Gasteiger partial charge is 0.0697 e. The number of hydrogen-bond donors (Lipinski definition) is 1. The van der Waals surface area contributed by atoms with Crippen molar-refractivity contribution >= 4 is 36.2 Å². The van der Waals surface area contributed by atoms with Gasteiger partial charge in [-0.3, -0.25) is 4.90 Å². The van der Waals surface area contributed by atoms with Crippen LogP contribution in [0.15, 0.2) is 60.0 Å². The van der Waals surface area contributed by atoms with Crippen LogP contribution in [0, 0.1) is 0 Å². The fourth-order valence-corrected chi connectivity index (χ4v) is 5.16. The highest BCUT2D eigenvalue weighted by molar-refractivity contribution is 7.10. The lowest BCUT2D eigenvalue weighted by Gasteiger charge is -2.35. The molecule has 2 nitrogen and oxygen atoms in total. The normalized spacial score (nSPS) is 16.6. The van der Waals surface area contributed by atoms with Crippen LogP contribution in [0.5, 0.6) is 0 Å². The van der Waals surface area contributed by atoms with Gasteiger partial charge in [-0.1, -0.05) is 48.5 Å². The Kier molecular flexibility index (Phi) is 6.61. The van der Waals surface area contributed by atoms with Gasteiger partial charge in [0.15, 0.2) is 0 Å². The Morgan fingerprint density at radius 2 is 1.63 bits per heavy atom. The van der Waals surface area contributed by atoms with E-state index in [0.717, 1.165) is 32.6 Å². The minimum absolute atomic E-state index is 0. The zero-order chi connectivity index (χ0) is 16.6. The van der Waals surface area contributed by atoms with Gasteiger partial charge in [0.1, 0.15) is 0 Å². The molecule has 1 saturated heterocycles. The first-order valence-corrected chi connectivity index (χ1v) is 9.97. The van der Waals surface area contributed by atoms with Gasteiger partial charge in [0.2, 0.25) is 0 Å². The first-order valence-electron chi connectivity index (χ1n) is 9.09. The third-order valence-corrected chi connectivity index (χ3v) is 6.39. The first kappa shape index (κ1) is 20.4. The highest BCUT2D eigenvalue weighted by atomic mass is 35.5. The van der Waals surface area contributed by atoms with Crippen molar-refractivity contribution in [1.29, 1.82) is 0 Å². The molecule has 0 radical (unpaired) electrons. The summed E-state index contributed by atoms with van der Waals surface area (Å²) in [6.07, 6.45) is 1.07. The SMILES string of the molecule is Cl.Cl.c1csc([C@@H](c2ccc3c(c2)Cc2ccccc2-3)N2CCNCC2)c1. The molecule has 1 fully saturated rings. The molecule has 1 aliphatic carbocycles. The summed E-state index contributed by atoms with van der Waals surface area (Å²) in [5.74, 6) is 0. The second-order valence-electron chi connectivity index (χ2n) is 6.95. The first-order chi connectivity index (χ1) is 12.4. The van der Waals surface area contributed by atoms with Gasteiger partial charge in [0.25, 0.3) is 0 Å². The lowest BCUT2D eigenvalue weighted by atomic mass is 9.97. The molecular weight excluding hydrogens is 395 g/mol. The molecule has 2 aliphatic rings. The van der Waals surface area contributed by atoms with Crippen LogP contribution in [0.2, 0.25) is 0 Å². The number of rotatable bonds is 3. The van der Waals surface area contributed by atoms with Crippen molar-refractivity contribution in [1.82, 2.24) is 10.2 Å². The number of nitrogens with one attached hydrogen (secondary N) is 1. The summed E-state index contributed by atoms with van der Waals surface area (Å²) < 4.78 is 0. The van der Waals surface area contributed by atoms with Crippen molar-refractivity contribution in [3.05, 3.63) is 81.5 Å². The molecule has 5 heteroatoms. The van der Waals surface area contributed by atoms with E-state index in [2.05, 4.69) is 70.2 Å². The van der Waals surface area contributed by atoms with Crippen molar-refractivity contribution in [2.75, 3.05) is 26.2 Å². The Bertz CT molecular complexity index is 889. The van der Waals surface area contributed by atoms with Crippen molar-refractivity contribution in [2.24, 2.45) is 0 Å². The largest absolute Gasteiger partial charge is 0.314 e. The van der Waals surface area contributed by atoms with E-state index in [4.69, 9.17) is 0 Å². The predicted molar refractivity (Wildman–Crippen MR) is 120 cm³/mol. The summed E-state index contributed by atoms with van der Waals surface area (Å²) in [6.45, 7) is 4.39. The molecule has 5 rings (SSSR count). The predicted octanol–water partition coefficient (Wildman–Crippen LogP) is 5.16. The molecule has 0 spiro atoms. The summed E-state index contributed by atoms with van der Waals surface area (Å²) in [5, 5.41) is 5.68. The van der Waals surface area contributed by atoms with E-state index < -0.39 is 0 Å². The molecule has 0 amide bonds. The number of halogens is 2. The average molecular weight is 419 g/mol. The summed E-state index contributed by atoms with van der Waals surface area (Å²) >= 11 is 1.88. The number of benzene rings is 2. The second-order valence-corrected chi connectivity index (χ2v) is 7.93. The molecule has 1 aliphatic heterocycles. The maximum Gasteiger partial charge on any atom is 0.0697 e. The zero-order valence-electron chi connectivity index (χ0n) is 15.1. The van der Waals surface area contributed by atoms with Gasteiger partial charge in [-0.05, 0) is 45.7 Å². The average Bonchev–Trinajstić information content (AvgIpc) is 3.30. The van der Waals surface area contributed by atoms with Gasteiger partial charge >= 0.3 is 0 Å². The van der Waals surface area contributed by atoms with Crippen LogP contribution in [0.3, 0.4) is 0 Å². The third kappa shape index (κ3) is 3.80. The van der Waals surface area contributed by atoms with Crippen LogP contribution in [-0.2, 0) is 6.42 Å². The molecule has 1 N–H and O–H groups in total. The van der Waals surface area contributed by atoms with Crippen LogP contribution in [0.25, 0.3) is 11.1 Å². The maximum absolute atomic E-state index is 3.48. The molecular formula is C22H24Cl2N2S. The van der Waals surface area contributed by atoms with Crippen LogP contribution in [-0.4, -0.2) is 31.1 Å². The summed E-state index contributed by atoms with van der Waals surface area (Å²) in [5.41, 5.74) is 7.22. The van der Waals surface area contributed by atoms with E-state index in [1.807, 2.05) is 11.3 Å². The third-order valence-electron chi connectivity index (χ3n) is 5.46. The molecule has 3 aromatic rings. The Morgan fingerprint density at radius 1 is 0.852 bits per heavy atom. The van der Waals surface area contributed by atoms with E-state index in [0.29, 0.717) is 6.04 Å². The summed E-state index contributed by atoms with van der Waals surface area (Å²) in [6, 6.07) is 20.8. The van der Waals surface area contributed by atoms with E-state index in [-0.39, 0.29) is 24.8 Å².